The molecule has 0 radical (unpaired) electrons. The number of carbonyl (C=O) groups is 3. The van der Waals surface area contributed by atoms with E-state index < -0.39 is 33.8 Å². The van der Waals surface area contributed by atoms with E-state index in [9.17, 15) is 23.2 Å². The third-order valence-corrected chi connectivity index (χ3v) is 6.19. The monoisotopic (exact) mass is 640 g/mol. The Morgan fingerprint density at radius 2 is 0.913 bits per heavy atom. The highest BCUT2D eigenvalue weighted by Gasteiger charge is 2.25. The highest BCUT2D eigenvalue weighted by molar-refractivity contribution is 5.76. The number of halogens is 2. The van der Waals surface area contributed by atoms with Crippen LogP contribution in [-0.4, -0.2) is 17.9 Å². The number of hydrogen-bond donors (Lipinski definition) is 0. The molecule has 0 aliphatic heterocycles. The maximum absolute atomic E-state index is 13.2. The fourth-order valence-corrected chi connectivity index (χ4v) is 3.24. The van der Waals surface area contributed by atoms with Gasteiger partial charge in [0.1, 0.15) is 31.5 Å². The molecule has 0 fully saturated rings. The molecule has 0 unspecified atom stereocenters. The van der Waals surface area contributed by atoms with Crippen LogP contribution >= 0.6 is 0 Å². The average molecular weight is 641 g/mol. The quantitative estimate of drug-likeness (QED) is 0.197. The summed E-state index contributed by atoms with van der Waals surface area (Å²) in [7, 11) is 0. The lowest BCUT2D eigenvalue weighted by Crippen LogP contribution is -2.23. The van der Waals surface area contributed by atoms with E-state index in [0.29, 0.717) is 13.2 Å². The number of aryl methyl sites for hydroxylation is 2. The Morgan fingerprint density at radius 3 is 1.33 bits per heavy atom. The summed E-state index contributed by atoms with van der Waals surface area (Å²) >= 11 is 0. The van der Waals surface area contributed by atoms with Crippen molar-refractivity contribution in [2.24, 2.45) is 16.2 Å². The number of hydrogen-bond acceptors (Lipinski definition) is 6. The summed E-state index contributed by atoms with van der Waals surface area (Å²) < 4.78 is 41.6. The molecule has 0 spiro atoms. The lowest BCUT2D eigenvalue weighted by Gasteiger charge is -2.16. The van der Waals surface area contributed by atoms with Crippen LogP contribution in [0.15, 0.2) is 66.7 Å². The zero-order valence-corrected chi connectivity index (χ0v) is 29.2. The van der Waals surface area contributed by atoms with Gasteiger partial charge in [-0.3, -0.25) is 14.4 Å². The molecule has 0 amide bonds. The Balaban J connectivity index is 0.000000345. The van der Waals surface area contributed by atoms with Gasteiger partial charge in [-0.25, -0.2) is 8.78 Å². The van der Waals surface area contributed by atoms with Gasteiger partial charge in [0.25, 0.3) is 0 Å². The molecule has 3 rings (SSSR count). The largest absolute Gasteiger partial charge is 0.460 e. The molecule has 3 aromatic carbocycles. The van der Waals surface area contributed by atoms with E-state index in [1.54, 1.807) is 20.8 Å². The summed E-state index contributed by atoms with van der Waals surface area (Å²) in [5, 5.41) is 0. The van der Waals surface area contributed by atoms with Crippen LogP contribution in [0.25, 0.3) is 0 Å². The summed E-state index contributed by atoms with van der Waals surface area (Å²) in [6.45, 7) is 20.5. The van der Waals surface area contributed by atoms with E-state index in [1.165, 1.54) is 17.2 Å². The summed E-state index contributed by atoms with van der Waals surface area (Å²) in [5.41, 5.74) is 2.70. The van der Waals surface area contributed by atoms with Crippen molar-refractivity contribution in [3.63, 3.8) is 0 Å². The highest BCUT2D eigenvalue weighted by atomic mass is 19.1. The third kappa shape index (κ3) is 15.3. The van der Waals surface area contributed by atoms with E-state index in [-0.39, 0.29) is 24.1 Å². The Morgan fingerprint density at radius 1 is 0.522 bits per heavy atom. The maximum atomic E-state index is 13.2. The van der Waals surface area contributed by atoms with E-state index >= 15 is 0 Å². The lowest BCUT2D eigenvalue weighted by atomic mass is 9.97. The molecule has 0 heterocycles. The average Bonchev–Trinajstić information content (AvgIpc) is 2.94. The molecule has 252 valence electrons. The van der Waals surface area contributed by atoms with Crippen LogP contribution in [-0.2, 0) is 48.4 Å². The van der Waals surface area contributed by atoms with Gasteiger partial charge in [-0.1, -0.05) is 65.7 Å². The molecule has 0 N–H and O–H groups in total. The Hall–Kier alpha value is -4.07. The van der Waals surface area contributed by atoms with Crippen LogP contribution in [0.2, 0.25) is 0 Å². The first-order valence-corrected chi connectivity index (χ1v) is 15.2. The van der Waals surface area contributed by atoms with Gasteiger partial charge in [-0.15, -0.1) is 0 Å². The minimum absolute atomic E-state index is 0.163. The first kappa shape index (κ1) is 40.0. The molecule has 46 heavy (non-hydrogen) atoms. The second kappa shape index (κ2) is 17.6. The molecule has 3 aromatic rings. The Labute approximate surface area is 273 Å². The fourth-order valence-electron chi connectivity index (χ4n) is 3.24. The number of ether oxygens (including phenoxy) is 3. The third-order valence-electron chi connectivity index (χ3n) is 6.19. The molecule has 0 saturated carbocycles. The maximum Gasteiger partial charge on any atom is 0.311 e. The lowest BCUT2D eigenvalue weighted by molar-refractivity contribution is -0.155. The number of benzene rings is 3. The minimum atomic E-state index is -0.707. The highest BCUT2D eigenvalue weighted by Crippen LogP contribution is 2.20. The molecule has 0 saturated heterocycles. The predicted molar refractivity (Wildman–Crippen MR) is 176 cm³/mol. The molecule has 6 nitrogen and oxygen atoms in total. The van der Waals surface area contributed by atoms with E-state index in [1.807, 2.05) is 104 Å². The van der Waals surface area contributed by atoms with Gasteiger partial charge in [0.15, 0.2) is 0 Å². The van der Waals surface area contributed by atoms with Gasteiger partial charge in [-0.05, 0) is 99.4 Å². The fraction of sp³-hybridized carbons (Fsp3) is 0.447. The van der Waals surface area contributed by atoms with Crippen LogP contribution in [0.4, 0.5) is 8.78 Å². The Kier molecular flexibility index (Phi) is 15.3. The van der Waals surface area contributed by atoms with Gasteiger partial charge in [-0.2, -0.15) is 0 Å². The number of carbonyl (C=O) groups excluding carboxylic acids is 3. The SMILES string of the molecule is CC(C)(C)C(=O)OCc1c(F)cccc1F.Cc1ccc(COC(=O)C(C)(C)C)cc1.Cc1cccc(COC(=O)C(C)(C)C)c1. The van der Waals surface area contributed by atoms with Crippen molar-refractivity contribution in [3.05, 3.63) is 106 Å². The number of esters is 3. The van der Waals surface area contributed by atoms with Crippen molar-refractivity contribution < 1.29 is 37.4 Å². The van der Waals surface area contributed by atoms with Crippen LogP contribution in [0.3, 0.4) is 0 Å². The topological polar surface area (TPSA) is 78.9 Å². The van der Waals surface area contributed by atoms with Crippen LogP contribution < -0.4 is 0 Å². The summed E-state index contributed by atoms with van der Waals surface area (Å²) in [6.07, 6.45) is 0. The zero-order valence-electron chi connectivity index (χ0n) is 29.2. The van der Waals surface area contributed by atoms with Gasteiger partial charge in [0, 0.05) is 0 Å². The normalized spacial score (nSPS) is 11.2. The van der Waals surface area contributed by atoms with E-state index in [0.717, 1.165) is 23.3 Å². The zero-order chi connectivity index (χ0) is 35.3. The first-order valence-electron chi connectivity index (χ1n) is 15.2. The molecular formula is C38H50F2O6. The molecule has 0 aliphatic rings. The smallest absolute Gasteiger partial charge is 0.311 e. The van der Waals surface area contributed by atoms with Crippen LogP contribution in [0.5, 0.6) is 0 Å². The second-order valence-corrected chi connectivity index (χ2v) is 14.2. The first-order chi connectivity index (χ1) is 21.1. The van der Waals surface area contributed by atoms with Gasteiger partial charge in [0.2, 0.25) is 0 Å². The molecular weight excluding hydrogens is 590 g/mol. The van der Waals surface area contributed by atoms with Crippen LogP contribution in [0.1, 0.15) is 90.1 Å². The summed E-state index contributed by atoms with van der Waals surface area (Å²) in [6, 6.07) is 19.5. The summed E-state index contributed by atoms with van der Waals surface area (Å²) in [4.78, 5) is 34.4. The van der Waals surface area contributed by atoms with Crippen molar-refractivity contribution in [1.82, 2.24) is 0 Å². The molecule has 0 atom stereocenters. The molecule has 0 bridgehead atoms. The summed E-state index contributed by atoms with van der Waals surface area (Å²) in [5.74, 6) is -2.23. The van der Waals surface area contributed by atoms with Crippen molar-refractivity contribution in [2.75, 3.05) is 0 Å². The van der Waals surface area contributed by atoms with Crippen molar-refractivity contribution in [3.8, 4) is 0 Å². The molecule has 8 heteroatoms. The Bertz CT molecular complexity index is 1410. The van der Waals surface area contributed by atoms with Gasteiger partial charge >= 0.3 is 17.9 Å². The van der Waals surface area contributed by atoms with Gasteiger partial charge < -0.3 is 14.2 Å². The van der Waals surface area contributed by atoms with Crippen LogP contribution in [0, 0.1) is 41.7 Å². The standard InChI is InChI=1S/2C13H18O2.C12H14F2O2/c1-10-5-7-11(8-6-10)9-15-12(14)13(2,3)4;1-10-6-5-7-11(8-10)9-15-12(14)13(2,3)4;1-12(2,3)11(15)16-7-8-9(13)5-4-6-10(8)14/h2*5-8H,9H2,1-4H3;4-6H,7H2,1-3H3. The number of rotatable bonds is 6. The van der Waals surface area contributed by atoms with Crippen molar-refractivity contribution >= 4 is 17.9 Å². The predicted octanol–water partition coefficient (Wildman–Crippen LogP) is 9.22. The molecule has 0 aliphatic carbocycles. The van der Waals surface area contributed by atoms with Crippen molar-refractivity contribution in [2.45, 2.75) is 96.0 Å². The minimum Gasteiger partial charge on any atom is -0.460 e. The van der Waals surface area contributed by atoms with Gasteiger partial charge in [0.05, 0.1) is 21.8 Å². The second-order valence-electron chi connectivity index (χ2n) is 14.2. The van der Waals surface area contributed by atoms with Crippen molar-refractivity contribution in [1.29, 1.82) is 0 Å². The molecule has 0 aromatic heterocycles. The van der Waals surface area contributed by atoms with E-state index in [2.05, 4.69) is 0 Å². The van der Waals surface area contributed by atoms with E-state index in [4.69, 9.17) is 14.2 Å².